The number of benzene rings is 1. The average molecular weight is 567 g/mol. The van der Waals surface area contributed by atoms with Gasteiger partial charge in [0.25, 0.3) is 0 Å². The topological polar surface area (TPSA) is 113 Å². The van der Waals surface area contributed by atoms with Crippen molar-refractivity contribution >= 4 is 115 Å². The van der Waals surface area contributed by atoms with Crippen molar-refractivity contribution in [3.63, 3.8) is 0 Å². The molecule has 1 atom stereocenters. The maximum atomic E-state index is 12.0. The second-order valence-electron chi connectivity index (χ2n) is 10.3. The number of aliphatic carboxylic acids is 1. The van der Waals surface area contributed by atoms with Crippen LogP contribution in [0.4, 0.5) is 5.69 Å². The van der Waals surface area contributed by atoms with Gasteiger partial charge in [-0.1, -0.05) is 20.8 Å². The van der Waals surface area contributed by atoms with Gasteiger partial charge in [0.15, 0.2) is 0 Å². The summed E-state index contributed by atoms with van der Waals surface area (Å²) < 4.78 is -2.82. The quantitative estimate of drug-likeness (QED) is 0.236. The average Bonchev–Trinajstić information content (AvgIpc) is 3.08. The predicted molar refractivity (Wildman–Crippen MR) is 169 cm³/mol. The number of fused-ring (bicyclic) bond motifs is 1. The first-order valence-electron chi connectivity index (χ1n) is 12.1. The number of carboxylic acids is 1. The second-order valence-corrected chi connectivity index (χ2v) is 11.5. The number of hydrogen-bond donors (Lipinski definition) is 3. The molecular formula is C22H27B8Cl2N5O3. The number of nitrogens with zero attached hydrogens (tertiary/aromatic N) is 3. The van der Waals surface area contributed by atoms with Crippen molar-refractivity contribution in [1.82, 2.24) is 14.9 Å². The zero-order chi connectivity index (χ0) is 31.4. The number of halogens is 2. The molecule has 0 aliphatic rings. The standard InChI is InChI=1S/C18H17B8Cl2N5O3.C4H10/c1-32-11-4-2-8(33(17(23,24)15(19,20)27)18(25,26)16(21,22)28)6-10(11)31-12(32)5-3-9(29)14(36)30-7-13(34)35;1-4(2)3/h2,4,6,9H,3,5,7,29H2,1H3,(H,30,36)(H,34,35);4H,1-3H3. The summed E-state index contributed by atoms with van der Waals surface area (Å²) in [5.74, 6) is -0.387. The van der Waals surface area contributed by atoms with E-state index in [9.17, 15) is 9.59 Å². The van der Waals surface area contributed by atoms with Gasteiger partial charge >= 0.3 is 5.97 Å². The van der Waals surface area contributed by atoms with E-state index in [4.69, 9.17) is 96.8 Å². The van der Waals surface area contributed by atoms with Crippen LogP contribution in [0.5, 0.6) is 0 Å². The molecule has 0 saturated carbocycles. The first kappa shape index (κ1) is 36.5. The van der Waals surface area contributed by atoms with Gasteiger partial charge in [-0.15, -0.1) is 23.2 Å². The second kappa shape index (κ2) is 13.6. The lowest BCUT2D eigenvalue weighted by Gasteiger charge is -2.61. The van der Waals surface area contributed by atoms with Gasteiger partial charge in [0, 0.05) is 19.2 Å². The number of carboxylic acid groups (broad SMARTS) is 1. The smallest absolute Gasteiger partial charge is 0.322 e. The summed E-state index contributed by atoms with van der Waals surface area (Å²) in [5, 5.41) is 6.23. The van der Waals surface area contributed by atoms with Crippen LogP contribution in [0.15, 0.2) is 18.2 Å². The number of imidazole rings is 1. The Morgan fingerprint density at radius 2 is 1.52 bits per heavy atom. The first-order chi connectivity index (χ1) is 17.9. The monoisotopic (exact) mass is 567 g/mol. The van der Waals surface area contributed by atoms with Crippen molar-refractivity contribution in [1.29, 1.82) is 0 Å². The van der Waals surface area contributed by atoms with Crippen LogP contribution in [0, 0.1) is 5.92 Å². The summed E-state index contributed by atoms with van der Waals surface area (Å²) in [6.07, 6.45) is 0.476. The van der Waals surface area contributed by atoms with Crippen LogP contribution in [0.1, 0.15) is 33.0 Å². The fraction of sp³-hybridized carbons (Fsp3) is 0.591. The van der Waals surface area contributed by atoms with Gasteiger partial charge in [-0.3, -0.25) is 9.59 Å². The number of aromatic nitrogens is 2. The molecule has 1 heterocycles. The van der Waals surface area contributed by atoms with Gasteiger partial charge in [-0.2, -0.15) is 0 Å². The molecule has 8 nitrogen and oxygen atoms in total. The Kier molecular flexibility index (Phi) is 12.5. The number of anilines is 1. The van der Waals surface area contributed by atoms with E-state index in [2.05, 4.69) is 31.1 Å². The number of nitrogens with two attached hydrogens (primary N) is 1. The third-order valence-corrected chi connectivity index (χ3v) is 6.22. The van der Waals surface area contributed by atoms with Crippen molar-refractivity contribution in [3.8, 4) is 0 Å². The molecule has 0 saturated heterocycles. The fourth-order valence-corrected chi connectivity index (χ4v) is 3.56. The molecule has 1 aromatic carbocycles. The number of amides is 1. The number of hydrogen-bond acceptors (Lipinski definition) is 5. The molecule has 4 N–H and O–H groups in total. The van der Waals surface area contributed by atoms with Gasteiger partial charge in [0.1, 0.15) is 12.4 Å². The maximum absolute atomic E-state index is 12.0. The van der Waals surface area contributed by atoms with Crippen molar-refractivity contribution in [2.75, 3.05) is 11.4 Å². The normalized spacial score (nSPS) is 13.4. The highest BCUT2D eigenvalue weighted by atomic mass is 35.5. The molecule has 18 heteroatoms. The maximum Gasteiger partial charge on any atom is 0.322 e. The van der Waals surface area contributed by atoms with Gasteiger partial charge in [0.2, 0.25) is 5.91 Å². The molecule has 2 aromatic rings. The molecule has 0 bridgehead atoms. The van der Waals surface area contributed by atoms with E-state index in [0.29, 0.717) is 16.9 Å². The minimum absolute atomic E-state index is 0.133. The molecule has 1 unspecified atom stereocenters. The Labute approximate surface area is 257 Å². The zero-order valence-corrected chi connectivity index (χ0v) is 24.6. The minimum atomic E-state index is -2.34. The summed E-state index contributed by atoms with van der Waals surface area (Å²) in [7, 11) is 49.5. The van der Waals surface area contributed by atoms with Crippen LogP contribution in [0.25, 0.3) is 11.0 Å². The van der Waals surface area contributed by atoms with E-state index in [1.54, 1.807) is 17.7 Å². The molecule has 0 spiro atoms. The van der Waals surface area contributed by atoms with Gasteiger partial charge < -0.3 is 25.6 Å². The van der Waals surface area contributed by atoms with E-state index in [-0.39, 0.29) is 18.5 Å². The third-order valence-electron chi connectivity index (χ3n) is 5.61. The van der Waals surface area contributed by atoms with Gasteiger partial charge in [0.05, 0.1) is 79.8 Å². The first-order valence-corrected chi connectivity index (χ1v) is 12.9. The summed E-state index contributed by atoms with van der Waals surface area (Å²) in [4.78, 5) is 28.0. The molecule has 0 aliphatic carbocycles. The van der Waals surface area contributed by atoms with Crippen molar-refractivity contribution < 1.29 is 14.7 Å². The lowest BCUT2D eigenvalue weighted by molar-refractivity contribution is -0.138. The third kappa shape index (κ3) is 8.99. The van der Waals surface area contributed by atoms with Crippen LogP contribution >= 0.6 is 23.2 Å². The predicted octanol–water partition coefficient (Wildman–Crippen LogP) is -1.06. The van der Waals surface area contributed by atoms with E-state index in [0.717, 1.165) is 10.8 Å². The molecule has 0 fully saturated rings. The van der Waals surface area contributed by atoms with E-state index >= 15 is 0 Å². The fourth-order valence-electron chi connectivity index (χ4n) is 3.39. The van der Waals surface area contributed by atoms with E-state index in [1.807, 2.05) is 0 Å². The summed E-state index contributed by atoms with van der Waals surface area (Å²) in [5.41, 5.74) is 7.08. The summed E-state index contributed by atoms with van der Waals surface area (Å²) >= 11 is 12.1. The van der Waals surface area contributed by atoms with Crippen molar-refractivity contribution in [2.24, 2.45) is 18.7 Å². The Morgan fingerprint density at radius 1 is 1.05 bits per heavy atom. The molecule has 0 aliphatic heterocycles. The van der Waals surface area contributed by atoms with Crippen LogP contribution in [0.3, 0.4) is 0 Å². The Hall–Kier alpha value is -1.51. The molecular weight excluding hydrogens is 540 g/mol. The minimum Gasteiger partial charge on any atom is -0.480 e. The Balaban J connectivity index is 0.00000187. The SMILES string of the molecule is CC(C)C.[B]C([B])(Cl)C([B])([B])N(c1ccc2c(c1)nc(CCC(N)C(=O)NCC(=O)O)n2C)C([B])([B])C([B])([B])Cl. The zero-order valence-electron chi connectivity index (χ0n) is 23.1. The molecule has 16 radical (unpaired) electrons. The number of nitrogens with one attached hydrogen (secondary N) is 1. The van der Waals surface area contributed by atoms with Crippen LogP contribution < -0.4 is 16.0 Å². The van der Waals surface area contributed by atoms with Crippen molar-refractivity contribution in [2.45, 2.75) is 59.7 Å². The van der Waals surface area contributed by atoms with Crippen LogP contribution in [0.2, 0.25) is 0 Å². The molecule has 1 amide bonds. The number of rotatable bonds is 11. The van der Waals surface area contributed by atoms with Crippen LogP contribution in [-0.2, 0) is 23.1 Å². The van der Waals surface area contributed by atoms with Gasteiger partial charge in [-0.25, -0.2) is 4.98 Å². The molecule has 1 aromatic heterocycles. The number of aryl methyl sites for hydroxylation is 2. The highest BCUT2D eigenvalue weighted by molar-refractivity contribution is 6.73. The Bertz CT molecular complexity index is 1160. The van der Waals surface area contributed by atoms with Gasteiger partial charge in [-0.05, 0) is 50.6 Å². The number of alkyl halides is 2. The lowest BCUT2D eigenvalue weighted by atomic mass is 9.36. The number of carbonyl (C=O) groups excluding carboxylic acids is 1. The highest BCUT2D eigenvalue weighted by Gasteiger charge is 2.48. The Morgan fingerprint density at radius 3 is 1.95 bits per heavy atom. The van der Waals surface area contributed by atoms with Crippen molar-refractivity contribution in [3.05, 3.63) is 24.0 Å². The summed E-state index contributed by atoms with van der Waals surface area (Å²) in [6.45, 7) is 5.97. The molecule has 2 rings (SSSR count). The van der Waals surface area contributed by atoms with E-state index < -0.39 is 44.5 Å². The largest absolute Gasteiger partial charge is 0.480 e. The van der Waals surface area contributed by atoms with Crippen LogP contribution in [-0.4, -0.2) is 122 Å². The molecule has 40 heavy (non-hydrogen) atoms. The molecule has 196 valence electrons. The van der Waals surface area contributed by atoms with E-state index in [1.165, 1.54) is 12.1 Å². The summed E-state index contributed by atoms with van der Waals surface area (Å²) in [6, 6.07) is 3.73. The number of carbonyl (C=O) groups is 2. The lowest BCUT2D eigenvalue weighted by Crippen LogP contribution is -2.76. The highest BCUT2D eigenvalue weighted by Crippen LogP contribution is 2.39.